The molecule has 0 atom stereocenters. The molecule has 0 spiro atoms. The van der Waals surface area contributed by atoms with Gasteiger partial charge in [-0.3, -0.25) is 39.6 Å². The van der Waals surface area contributed by atoms with Crippen molar-refractivity contribution >= 4 is 63.9 Å². The zero-order chi connectivity index (χ0) is 64.8. The Morgan fingerprint density at radius 1 is 0.310 bits per heavy atom. The van der Waals surface area contributed by atoms with Crippen LogP contribution in [0.5, 0.6) is 0 Å². The van der Waals surface area contributed by atoms with E-state index in [1.165, 1.54) is 236 Å². The molecular formula is C69H140Cl2N6O8P2. The fourth-order valence-electron chi connectivity index (χ4n) is 12.4. The van der Waals surface area contributed by atoms with Gasteiger partial charge in [0.2, 0.25) is 29.5 Å². The zero-order valence-electron chi connectivity index (χ0n) is 57.6. The van der Waals surface area contributed by atoms with Crippen LogP contribution < -0.4 is 10.6 Å². The third-order valence-corrected chi connectivity index (χ3v) is 34.0. The fraction of sp³-hybridized carbons (Fsp3) is 0.928. The Kier molecular flexibility index (Phi) is 53.2. The monoisotopic (exact) mass is 1310 g/mol. The van der Waals surface area contributed by atoms with Gasteiger partial charge in [0.15, 0.2) is 0 Å². The van der Waals surface area contributed by atoms with E-state index in [9.17, 15) is 39.6 Å². The Morgan fingerprint density at radius 2 is 0.540 bits per heavy atom. The van der Waals surface area contributed by atoms with Crippen LogP contribution in [0.15, 0.2) is 0 Å². The summed E-state index contributed by atoms with van der Waals surface area (Å²) in [5, 5.41) is 37.7. The number of rotatable bonds is 64. The van der Waals surface area contributed by atoms with E-state index in [1.54, 1.807) is 0 Å². The maximum atomic E-state index is 12.7. The molecule has 0 rings (SSSR count). The van der Waals surface area contributed by atoms with Crippen LogP contribution in [0.2, 0.25) is 0 Å². The van der Waals surface area contributed by atoms with E-state index in [4.69, 9.17) is 22.5 Å². The second-order valence-electron chi connectivity index (χ2n) is 26.6. The van der Waals surface area contributed by atoms with Gasteiger partial charge in [-0.15, -0.1) is 0 Å². The molecule has 14 nitrogen and oxygen atoms in total. The predicted octanol–water partition coefficient (Wildman–Crippen LogP) is 18.7. The van der Waals surface area contributed by atoms with Gasteiger partial charge in [-0.25, -0.2) is 15.2 Å². The average Bonchev–Trinajstić information content (AvgIpc) is 1.26. The summed E-state index contributed by atoms with van der Waals surface area (Å²) in [7, 11) is 0. The standard InChI is InChI=1S/C69H140Cl2N6O8P2/c1-8-14-57-86(70,58-15-9-2,59-16-10-3)63-43-30-26-22-20-24-28-37-51-74(52-38-29-25-21-23-27-31-44-64-87(71,60-17-11-4,61-18-12-5)62-19-13-6)53-39-34-42-56-77(85)69(82)48-46-67(80)73-50-36-33-41-55-76(84)68(81)47-45-66(79)72-49-35-32-40-54-75(83)65(7)78/h83-85H,8-64H2,1-7H3,(H,72,79)(H,73,80). The Morgan fingerprint density at radius 3 is 0.828 bits per heavy atom. The van der Waals surface area contributed by atoms with Crippen LogP contribution in [0.25, 0.3) is 0 Å². The SMILES string of the molecule is CCCCP(Cl)(CCCC)(CCCC)CCCCCCCCCCN(CCCCCCCCCCP(Cl)(CCCC)(CCCC)CCCC)CCCCCN(O)C(=O)CCC(=O)NCCCCCN(O)C(=O)CCC(=O)NCCCCCN(O)C(C)=O. The number of hydrogen-bond donors (Lipinski definition) is 5. The van der Waals surface area contributed by atoms with Crippen molar-refractivity contribution in [2.75, 3.05) is 102 Å². The summed E-state index contributed by atoms with van der Waals surface area (Å²) in [5.74, 6) is -6.23. The summed E-state index contributed by atoms with van der Waals surface area (Å²) in [6.45, 7) is 19.9. The molecule has 0 aromatic heterocycles. The van der Waals surface area contributed by atoms with Gasteiger partial charge >= 0.3 is 330 Å². The molecule has 0 aromatic carbocycles. The average molecular weight is 1310 g/mol. The number of amides is 5. The third-order valence-electron chi connectivity index (χ3n) is 18.5. The zero-order valence-corrected chi connectivity index (χ0v) is 60.9. The van der Waals surface area contributed by atoms with Crippen molar-refractivity contribution in [3.8, 4) is 0 Å². The normalized spacial score (nSPS) is 12.8. The predicted molar refractivity (Wildman–Crippen MR) is 376 cm³/mol. The molecule has 0 saturated carbocycles. The first-order chi connectivity index (χ1) is 41.8. The van der Waals surface area contributed by atoms with Crippen LogP contribution in [0.1, 0.15) is 312 Å². The molecule has 518 valence electrons. The smallest absolute Gasteiger partial charge is 0.356 e. The molecule has 0 fully saturated rings. The molecule has 0 bridgehead atoms. The maximum absolute atomic E-state index is 12.7. The van der Waals surface area contributed by atoms with Gasteiger partial charge in [0.25, 0.3) is 0 Å². The van der Waals surface area contributed by atoms with E-state index in [2.05, 4.69) is 57.1 Å². The molecule has 5 N–H and O–H groups in total. The Bertz CT molecular complexity index is 1630. The second kappa shape index (κ2) is 54.1. The van der Waals surface area contributed by atoms with Gasteiger partial charge in [-0.2, -0.15) is 0 Å². The van der Waals surface area contributed by atoms with Crippen molar-refractivity contribution in [2.45, 2.75) is 312 Å². The summed E-state index contributed by atoms with van der Waals surface area (Å²) in [5.41, 5.74) is 0. The molecule has 0 aromatic rings. The summed E-state index contributed by atoms with van der Waals surface area (Å²) in [4.78, 5) is 63.3. The van der Waals surface area contributed by atoms with E-state index in [0.29, 0.717) is 61.7 Å². The number of halogens is 2. The quantitative estimate of drug-likeness (QED) is 0.0171. The fourth-order valence-corrected chi connectivity index (χ4v) is 26.7. The number of unbranched alkanes of at least 4 members (excludes halogenated alkanes) is 26. The molecule has 5 amide bonds. The molecule has 0 aliphatic heterocycles. The molecule has 0 saturated heterocycles. The van der Waals surface area contributed by atoms with Crippen molar-refractivity contribution in [1.82, 2.24) is 30.7 Å². The van der Waals surface area contributed by atoms with E-state index in [0.717, 1.165) is 44.0 Å². The van der Waals surface area contributed by atoms with Crippen molar-refractivity contribution in [2.24, 2.45) is 0 Å². The number of hydroxylamine groups is 6. The van der Waals surface area contributed by atoms with Gasteiger partial charge in [-0.05, 0) is 51.4 Å². The summed E-state index contributed by atoms with van der Waals surface area (Å²) in [6, 6.07) is 0. The molecule has 0 aliphatic rings. The van der Waals surface area contributed by atoms with Crippen LogP contribution in [0.3, 0.4) is 0 Å². The third kappa shape index (κ3) is 45.6. The van der Waals surface area contributed by atoms with Crippen LogP contribution in [0.4, 0.5) is 0 Å². The van der Waals surface area contributed by atoms with Gasteiger partial charge in [0.1, 0.15) is 0 Å². The number of carbonyl (C=O) groups excluding carboxylic acids is 5. The first-order valence-electron chi connectivity index (χ1n) is 36.4. The van der Waals surface area contributed by atoms with Crippen molar-refractivity contribution in [3.63, 3.8) is 0 Å². The summed E-state index contributed by atoms with van der Waals surface area (Å²) >= 11 is 15.8. The number of nitrogens with zero attached hydrogens (tertiary/aromatic N) is 4. The minimum absolute atomic E-state index is 0.0108. The van der Waals surface area contributed by atoms with E-state index < -0.39 is 29.6 Å². The first-order valence-corrected chi connectivity index (χ1v) is 44.2. The van der Waals surface area contributed by atoms with Gasteiger partial charge < -0.3 is 10.6 Å². The molecule has 0 unspecified atom stereocenters. The second-order valence-corrected chi connectivity index (χ2v) is 43.2. The molecule has 18 heteroatoms. The van der Waals surface area contributed by atoms with Gasteiger partial charge in [-0.1, -0.05) is 6.42 Å². The molecule has 87 heavy (non-hydrogen) atoms. The molecule has 0 heterocycles. The van der Waals surface area contributed by atoms with Crippen LogP contribution in [0, 0.1) is 0 Å². The van der Waals surface area contributed by atoms with E-state index >= 15 is 0 Å². The van der Waals surface area contributed by atoms with E-state index in [1.807, 2.05) is 0 Å². The van der Waals surface area contributed by atoms with Gasteiger partial charge in [0.05, 0.1) is 0 Å². The topological polar surface area (TPSA) is 183 Å². The van der Waals surface area contributed by atoms with Crippen molar-refractivity contribution in [3.05, 3.63) is 0 Å². The van der Waals surface area contributed by atoms with Crippen molar-refractivity contribution in [1.29, 1.82) is 0 Å². The summed E-state index contributed by atoms with van der Waals surface area (Å²) < 4.78 is 0. The Balaban J connectivity index is 4.84. The van der Waals surface area contributed by atoms with Crippen LogP contribution in [-0.4, -0.2) is 167 Å². The minimum atomic E-state index is -2.14. The number of hydrogen-bond acceptors (Lipinski definition) is 9. The van der Waals surface area contributed by atoms with Crippen LogP contribution in [-0.2, 0) is 24.0 Å². The minimum Gasteiger partial charge on any atom is -0.356 e. The van der Waals surface area contributed by atoms with Crippen molar-refractivity contribution < 1.29 is 39.6 Å². The van der Waals surface area contributed by atoms with E-state index in [-0.39, 0.29) is 57.1 Å². The molecule has 0 aliphatic carbocycles. The first kappa shape index (κ1) is 85.6. The molecule has 0 radical (unpaired) electrons. The van der Waals surface area contributed by atoms with Gasteiger partial charge in [0, 0.05) is 65.3 Å². The Hall–Kier alpha value is -1.37. The Labute approximate surface area is 544 Å². The number of carbonyl (C=O) groups is 5. The number of nitrogens with one attached hydrogen (secondary N) is 2. The van der Waals surface area contributed by atoms with Crippen LogP contribution >= 0.6 is 34.4 Å². The molecular weight excluding hydrogens is 1170 g/mol. The summed E-state index contributed by atoms with van der Waals surface area (Å²) in [6.07, 6.45) is 52.8.